The summed E-state index contributed by atoms with van der Waals surface area (Å²) in [6.45, 7) is 4.49. The van der Waals surface area contributed by atoms with Crippen LogP contribution in [0.25, 0.3) is 0 Å². The number of halogens is 2. The lowest BCUT2D eigenvalue weighted by Gasteiger charge is -2.28. The van der Waals surface area contributed by atoms with Crippen LogP contribution in [0.15, 0.2) is 42.5 Å². The number of nitrogens with zero attached hydrogens (tertiary/aromatic N) is 1. The molecule has 2 aromatic rings. The molecule has 0 spiro atoms. The van der Waals surface area contributed by atoms with Crippen molar-refractivity contribution in [2.45, 2.75) is 19.9 Å². The summed E-state index contributed by atoms with van der Waals surface area (Å²) in [5.41, 5.74) is 2.12. The highest BCUT2D eigenvalue weighted by Gasteiger charge is 2.18. The van der Waals surface area contributed by atoms with Crippen molar-refractivity contribution in [2.24, 2.45) is 0 Å². The summed E-state index contributed by atoms with van der Waals surface area (Å²) in [5, 5.41) is 3.11. The van der Waals surface area contributed by atoms with Crippen molar-refractivity contribution in [3.05, 3.63) is 59.7 Å². The highest BCUT2D eigenvalue weighted by molar-refractivity contribution is 5.67. The van der Waals surface area contributed by atoms with Crippen molar-refractivity contribution in [2.75, 3.05) is 18.5 Å². The average molecular weight is 290 g/mol. The van der Waals surface area contributed by atoms with E-state index in [1.54, 1.807) is 24.3 Å². The zero-order valence-corrected chi connectivity index (χ0v) is 12.5. The molecule has 1 atom stereocenters. The van der Waals surface area contributed by atoms with E-state index in [0.29, 0.717) is 12.2 Å². The standard InChI is InChI=1S/C17H20F2N2/c1-4-21(17-8-6-5-7-15(17)19)16-10-9-13(18)11-14(16)12(2)20-3/h5-12,20H,4H2,1-3H3. The molecule has 0 radical (unpaired) electrons. The molecular formula is C17H20F2N2. The van der Waals surface area contributed by atoms with E-state index in [1.165, 1.54) is 18.2 Å². The molecule has 1 N–H and O–H groups in total. The van der Waals surface area contributed by atoms with Crippen LogP contribution in [0.5, 0.6) is 0 Å². The van der Waals surface area contributed by atoms with Crippen LogP contribution in [0, 0.1) is 11.6 Å². The van der Waals surface area contributed by atoms with Gasteiger partial charge in [-0.05, 0) is 56.8 Å². The Balaban J connectivity index is 2.55. The Bertz CT molecular complexity index is 613. The molecule has 0 amide bonds. The summed E-state index contributed by atoms with van der Waals surface area (Å²) in [6, 6.07) is 11.2. The smallest absolute Gasteiger partial charge is 0.146 e. The number of rotatable bonds is 5. The molecular weight excluding hydrogens is 270 g/mol. The first-order valence-electron chi connectivity index (χ1n) is 7.07. The Morgan fingerprint density at radius 3 is 2.43 bits per heavy atom. The molecule has 0 aliphatic carbocycles. The van der Waals surface area contributed by atoms with E-state index in [0.717, 1.165) is 11.3 Å². The largest absolute Gasteiger partial charge is 0.339 e. The van der Waals surface area contributed by atoms with Gasteiger partial charge in [-0.1, -0.05) is 12.1 Å². The van der Waals surface area contributed by atoms with Crippen molar-refractivity contribution in [1.82, 2.24) is 5.32 Å². The van der Waals surface area contributed by atoms with E-state index in [-0.39, 0.29) is 17.7 Å². The number of anilines is 2. The predicted molar refractivity (Wildman–Crippen MR) is 83.0 cm³/mol. The van der Waals surface area contributed by atoms with Crippen molar-refractivity contribution in [1.29, 1.82) is 0 Å². The molecule has 2 rings (SSSR count). The SMILES string of the molecule is CCN(c1ccccc1F)c1ccc(F)cc1C(C)NC. The first-order chi connectivity index (χ1) is 10.1. The quantitative estimate of drug-likeness (QED) is 0.878. The van der Waals surface area contributed by atoms with E-state index >= 15 is 0 Å². The zero-order chi connectivity index (χ0) is 15.4. The van der Waals surface area contributed by atoms with Crippen molar-refractivity contribution >= 4 is 11.4 Å². The van der Waals surface area contributed by atoms with Gasteiger partial charge >= 0.3 is 0 Å². The number of benzene rings is 2. The summed E-state index contributed by atoms with van der Waals surface area (Å²) in [6.07, 6.45) is 0. The maximum atomic E-state index is 14.1. The van der Waals surface area contributed by atoms with E-state index in [1.807, 2.05) is 25.8 Å². The first-order valence-corrected chi connectivity index (χ1v) is 7.07. The van der Waals surface area contributed by atoms with Gasteiger partial charge in [-0.2, -0.15) is 0 Å². The van der Waals surface area contributed by atoms with Gasteiger partial charge in [0.25, 0.3) is 0 Å². The molecule has 4 heteroatoms. The van der Waals surface area contributed by atoms with Crippen LogP contribution in [-0.2, 0) is 0 Å². The molecule has 21 heavy (non-hydrogen) atoms. The van der Waals surface area contributed by atoms with Gasteiger partial charge in [-0.3, -0.25) is 0 Å². The van der Waals surface area contributed by atoms with Gasteiger partial charge in [0.2, 0.25) is 0 Å². The van der Waals surface area contributed by atoms with Crippen LogP contribution in [-0.4, -0.2) is 13.6 Å². The van der Waals surface area contributed by atoms with Gasteiger partial charge in [0, 0.05) is 18.3 Å². The molecule has 0 saturated carbocycles. The molecule has 2 aromatic carbocycles. The van der Waals surface area contributed by atoms with Gasteiger partial charge in [-0.15, -0.1) is 0 Å². The van der Waals surface area contributed by atoms with Crippen LogP contribution in [0.2, 0.25) is 0 Å². The van der Waals surface area contributed by atoms with Crippen LogP contribution in [0.3, 0.4) is 0 Å². The third kappa shape index (κ3) is 3.22. The van der Waals surface area contributed by atoms with E-state index in [2.05, 4.69) is 5.32 Å². The fourth-order valence-electron chi connectivity index (χ4n) is 2.41. The van der Waals surface area contributed by atoms with Gasteiger partial charge in [-0.25, -0.2) is 8.78 Å². The maximum Gasteiger partial charge on any atom is 0.146 e. The summed E-state index contributed by atoms with van der Waals surface area (Å²) in [7, 11) is 1.82. The molecule has 0 bridgehead atoms. The second-order valence-corrected chi connectivity index (χ2v) is 4.91. The van der Waals surface area contributed by atoms with Crippen molar-refractivity contribution < 1.29 is 8.78 Å². The summed E-state index contributed by atoms with van der Waals surface area (Å²) < 4.78 is 27.6. The minimum Gasteiger partial charge on any atom is -0.339 e. The molecule has 0 saturated heterocycles. The van der Waals surface area contributed by atoms with E-state index in [4.69, 9.17) is 0 Å². The first kappa shape index (κ1) is 15.4. The van der Waals surface area contributed by atoms with Crippen LogP contribution >= 0.6 is 0 Å². The Morgan fingerprint density at radius 1 is 1.10 bits per heavy atom. The average Bonchev–Trinajstić information content (AvgIpc) is 2.50. The lowest BCUT2D eigenvalue weighted by Crippen LogP contribution is -2.22. The summed E-state index contributed by atoms with van der Waals surface area (Å²) >= 11 is 0. The predicted octanol–water partition coefficient (Wildman–Crippen LogP) is 4.40. The fraction of sp³-hybridized carbons (Fsp3) is 0.294. The molecule has 0 aliphatic rings. The molecule has 0 heterocycles. The molecule has 112 valence electrons. The molecule has 0 fully saturated rings. The van der Waals surface area contributed by atoms with Gasteiger partial charge in [0.05, 0.1) is 5.69 Å². The van der Waals surface area contributed by atoms with Gasteiger partial charge < -0.3 is 10.2 Å². The zero-order valence-electron chi connectivity index (χ0n) is 12.5. The van der Waals surface area contributed by atoms with E-state index < -0.39 is 0 Å². The van der Waals surface area contributed by atoms with Crippen LogP contribution < -0.4 is 10.2 Å². The van der Waals surface area contributed by atoms with Crippen LogP contribution in [0.1, 0.15) is 25.5 Å². The molecule has 0 aliphatic heterocycles. The number of nitrogens with one attached hydrogen (secondary N) is 1. The second kappa shape index (κ2) is 6.68. The highest BCUT2D eigenvalue weighted by atomic mass is 19.1. The maximum absolute atomic E-state index is 14.1. The minimum atomic E-state index is -0.291. The van der Waals surface area contributed by atoms with Crippen molar-refractivity contribution in [3.63, 3.8) is 0 Å². The highest BCUT2D eigenvalue weighted by Crippen LogP contribution is 2.33. The molecule has 2 nitrogen and oxygen atoms in total. The Morgan fingerprint density at radius 2 is 1.81 bits per heavy atom. The second-order valence-electron chi connectivity index (χ2n) is 4.91. The molecule has 1 unspecified atom stereocenters. The number of hydrogen-bond acceptors (Lipinski definition) is 2. The third-order valence-corrected chi connectivity index (χ3v) is 3.64. The lowest BCUT2D eigenvalue weighted by molar-refractivity contribution is 0.606. The van der Waals surface area contributed by atoms with Gasteiger partial charge in [0.1, 0.15) is 11.6 Å². The lowest BCUT2D eigenvalue weighted by atomic mass is 10.0. The topological polar surface area (TPSA) is 15.3 Å². The van der Waals surface area contributed by atoms with E-state index in [9.17, 15) is 8.78 Å². The number of hydrogen-bond donors (Lipinski definition) is 1. The monoisotopic (exact) mass is 290 g/mol. The summed E-state index contributed by atoms with van der Waals surface area (Å²) in [5.74, 6) is -0.577. The molecule has 0 aromatic heterocycles. The summed E-state index contributed by atoms with van der Waals surface area (Å²) in [4.78, 5) is 1.86. The normalized spacial score (nSPS) is 12.2. The minimum absolute atomic E-state index is 0.0310. The van der Waals surface area contributed by atoms with Crippen molar-refractivity contribution in [3.8, 4) is 0 Å². The third-order valence-electron chi connectivity index (χ3n) is 3.64. The Labute approximate surface area is 124 Å². The van der Waals surface area contributed by atoms with Crippen LogP contribution in [0.4, 0.5) is 20.2 Å². The number of para-hydroxylation sites is 1. The fourth-order valence-corrected chi connectivity index (χ4v) is 2.41. The Hall–Kier alpha value is -1.94. The van der Waals surface area contributed by atoms with Gasteiger partial charge in [0.15, 0.2) is 0 Å². The Kier molecular flexibility index (Phi) is 4.91.